The van der Waals surface area contributed by atoms with Crippen LogP contribution in [-0.2, 0) is 11.3 Å². The average Bonchev–Trinajstić information content (AvgIpc) is 3.76. The Bertz CT molecular complexity index is 3250. The molecule has 0 N–H and O–H groups in total. The van der Waals surface area contributed by atoms with Crippen LogP contribution in [0.3, 0.4) is 0 Å². The van der Waals surface area contributed by atoms with Gasteiger partial charge in [-0.05, 0) is 122 Å². The normalized spacial score (nSPS) is 16.5. The van der Waals surface area contributed by atoms with E-state index in [1.807, 2.05) is 33.8 Å². The fourth-order valence-electron chi connectivity index (χ4n) is 10.7. The lowest BCUT2D eigenvalue weighted by Crippen LogP contribution is -2.78. The first-order valence-electron chi connectivity index (χ1n) is 23.8. The Morgan fingerprint density at radius 1 is 0.603 bits per heavy atom. The molecular weight excluding hydrogens is 767 g/mol. The number of hydrogen-bond acceptors (Lipinski definition) is 1. The van der Waals surface area contributed by atoms with E-state index in [0.29, 0.717) is 5.92 Å². The van der Waals surface area contributed by atoms with Gasteiger partial charge < -0.3 is 4.74 Å². The molecule has 0 radical (unpaired) electrons. The molecule has 63 heavy (non-hydrogen) atoms. The lowest BCUT2D eigenvalue weighted by atomic mass is 9.80. The van der Waals surface area contributed by atoms with Gasteiger partial charge in [-0.25, -0.2) is 0 Å². The van der Waals surface area contributed by atoms with Crippen molar-refractivity contribution in [1.29, 1.82) is 0 Å². The second kappa shape index (κ2) is 13.9. The van der Waals surface area contributed by atoms with Crippen LogP contribution < -0.4 is 13.9 Å². The molecule has 0 saturated carbocycles. The number of nitrogens with zero attached hydrogens (tertiary/aromatic N) is 3. The Morgan fingerprint density at radius 2 is 1.29 bits per heavy atom. The third-order valence-electron chi connectivity index (χ3n) is 14.0. The van der Waals surface area contributed by atoms with Crippen LogP contribution in [0.25, 0.3) is 72.7 Å². The predicted octanol–water partition coefficient (Wildman–Crippen LogP) is 14.6. The highest BCUT2D eigenvalue weighted by atomic mass is 16.5. The summed E-state index contributed by atoms with van der Waals surface area (Å²) < 4.78 is 33.8. The van der Waals surface area contributed by atoms with Gasteiger partial charge in [0.1, 0.15) is 16.8 Å². The van der Waals surface area contributed by atoms with Gasteiger partial charge in [-0.3, -0.25) is 0 Å². The fraction of sp³-hybridized carbons (Fsp3) is 0.288. The first-order chi connectivity index (χ1) is 30.8. The van der Waals surface area contributed by atoms with Gasteiger partial charge in [-0.15, -0.1) is 9.13 Å². The van der Waals surface area contributed by atoms with Crippen molar-refractivity contribution in [1.82, 2.24) is 4.57 Å². The molecule has 3 aliphatic heterocycles. The molecule has 4 nitrogen and oxygen atoms in total. The predicted molar refractivity (Wildman–Crippen MR) is 259 cm³/mol. The third kappa shape index (κ3) is 5.59. The minimum atomic E-state index is -1.07. The van der Waals surface area contributed by atoms with Gasteiger partial charge in [0.25, 0.3) is 0 Å². The van der Waals surface area contributed by atoms with Crippen LogP contribution in [0.5, 0.6) is 5.75 Å². The maximum atomic E-state index is 9.19. The fourth-order valence-corrected chi connectivity index (χ4v) is 10.7. The van der Waals surface area contributed by atoms with Crippen molar-refractivity contribution >= 4 is 11.0 Å². The van der Waals surface area contributed by atoms with Crippen LogP contribution in [-0.4, -0.2) is 4.57 Å². The number of rotatable bonds is 7. The minimum Gasteiger partial charge on any atom is -0.392 e. The molecule has 1 unspecified atom stereocenters. The Balaban J connectivity index is 1.27. The highest BCUT2D eigenvalue weighted by molar-refractivity contribution is 5.98. The average molecular weight is 828 g/mol. The van der Waals surface area contributed by atoms with Crippen LogP contribution >= 0.6 is 0 Å². The van der Waals surface area contributed by atoms with E-state index in [4.69, 9.17) is 4.74 Å². The molecule has 1 atom stereocenters. The van der Waals surface area contributed by atoms with E-state index in [9.17, 15) is 2.74 Å². The highest BCUT2D eigenvalue weighted by Crippen LogP contribution is 2.56. The number of ether oxygens (including phenoxy) is 1. The Hall–Kier alpha value is -6.26. The zero-order chi connectivity index (χ0) is 45.7. The number of pyridine rings is 1. The summed E-state index contributed by atoms with van der Waals surface area (Å²) in [5, 5.41) is 0. The zero-order valence-electron chi connectivity index (χ0n) is 40.6. The van der Waals surface area contributed by atoms with E-state index in [2.05, 4.69) is 190 Å². The van der Waals surface area contributed by atoms with E-state index >= 15 is 0 Å². The van der Waals surface area contributed by atoms with Crippen molar-refractivity contribution in [3.05, 3.63) is 167 Å². The molecule has 3 aliphatic rings. The minimum absolute atomic E-state index is 0.107. The zero-order valence-corrected chi connectivity index (χ0v) is 38.6. The smallest absolute Gasteiger partial charge is 0.392 e. The van der Waals surface area contributed by atoms with Gasteiger partial charge in [-0.2, -0.15) is 4.57 Å². The van der Waals surface area contributed by atoms with Crippen molar-refractivity contribution < 1.29 is 16.6 Å². The number of hydrogen-bond donors (Lipinski definition) is 0. The van der Waals surface area contributed by atoms with Gasteiger partial charge in [0.2, 0.25) is 5.69 Å². The van der Waals surface area contributed by atoms with Crippen LogP contribution in [0.2, 0.25) is 0 Å². The molecule has 0 fully saturated rings. The molecule has 4 heteroatoms. The summed E-state index contributed by atoms with van der Waals surface area (Å²) in [5.41, 5.74) is 20.1. The first-order valence-corrected chi connectivity index (χ1v) is 22.8. The largest absolute Gasteiger partial charge is 0.499 e. The standard InChI is InChI=1S/C59H59N3O/c1-34(2)41-29-47(37(7)8)56-50(30-41)57-61(43-25-23-39(24-26-43)53-44(35(3)4)19-15-20-45(53)36(5)6)51-22-16-21-46-48-32-42(58(9,10)11)33-49-52-31-40(38-17-13-12-14-18-38)27-28-60(52)59(63-56,54(48)49)62(57)55(46)51/h12-37H,1-11H3/q+2/i35D,36D. The lowest BCUT2D eigenvalue weighted by Gasteiger charge is -2.34. The highest BCUT2D eigenvalue weighted by Gasteiger charge is 2.69. The van der Waals surface area contributed by atoms with Gasteiger partial charge >= 0.3 is 11.7 Å². The molecule has 11 rings (SSSR count). The van der Waals surface area contributed by atoms with Crippen molar-refractivity contribution in [3.8, 4) is 67.5 Å². The summed E-state index contributed by atoms with van der Waals surface area (Å²) in [6.07, 6.45) is 2.26. The molecule has 0 amide bonds. The van der Waals surface area contributed by atoms with Crippen LogP contribution in [0, 0.1) is 0 Å². The number of imidazole rings is 1. The Morgan fingerprint density at radius 3 is 1.94 bits per heavy atom. The molecule has 0 aliphatic carbocycles. The molecule has 8 aromatic rings. The summed E-state index contributed by atoms with van der Waals surface area (Å²) in [6, 6.07) is 46.8. The second-order valence-electron chi connectivity index (χ2n) is 20.2. The molecule has 0 bridgehead atoms. The molecular formula is C59H59N3O+2. The second-order valence-corrected chi connectivity index (χ2v) is 20.2. The first kappa shape index (κ1) is 37.3. The number of fused-ring (bicyclic) bond motifs is 5. The molecule has 5 heterocycles. The number of para-hydroxylation sites is 1. The lowest BCUT2D eigenvalue weighted by molar-refractivity contribution is -0.997. The number of benzene rings is 6. The quantitative estimate of drug-likeness (QED) is 0.147. The van der Waals surface area contributed by atoms with Crippen molar-refractivity contribution in [2.24, 2.45) is 0 Å². The maximum absolute atomic E-state index is 9.19. The van der Waals surface area contributed by atoms with E-state index in [0.717, 1.165) is 61.8 Å². The van der Waals surface area contributed by atoms with Crippen molar-refractivity contribution in [2.45, 2.75) is 111 Å². The summed E-state index contributed by atoms with van der Waals surface area (Å²) in [7, 11) is 0. The Labute approximate surface area is 376 Å². The molecule has 0 saturated heterocycles. The van der Waals surface area contributed by atoms with Gasteiger partial charge in [0, 0.05) is 26.0 Å². The van der Waals surface area contributed by atoms with E-state index < -0.39 is 17.6 Å². The molecule has 2 aromatic heterocycles. The molecule has 314 valence electrons. The van der Waals surface area contributed by atoms with Gasteiger partial charge in [0.15, 0.2) is 23.0 Å². The van der Waals surface area contributed by atoms with Crippen LogP contribution in [0.1, 0.15) is 136 Å². The molecule has 1 spiro atoms. The van der Waals surface area contributed by atoms with E-state index in [-0.39, 0.29) is 11.3 Å². The Kier molecular flexibility index (Phi) is 8.21. The summed E-state index contributed by atoms with van der Waals surface area (Å²) in [4.78, 5) is 0. The summed E-state index contributed by atoms with van der Waals surface area (Å²) in [6.45, 7) is 23.9. The third-order valence-corrected chi connectivity index (χ3v) is 14.0. The van der Waals surface area contributed by atoms with E-state index in [1.165, 1.54) is 50.1 Å². The topological polar surface area (TPSA) is 21.9 Å². The van der Waals surface area contributed by atoms with Gasteiger partial charge in [-0.1, -0.05) is 149 Å². The van der Waals surface area contributed by atoms with Crippen LogP contribution in [0.15, 0.2) is 134 Å². The SMILES string of the molecule is [2H]C(C)(C)c1cccc(C([2H])(C)C)c1-c1ccc(-n2c3[n+]4c5c(cccc52)-c2cc(C(C)(C)C)cc5c2C4(Oc2c-3cc(C(C)C)cc2C(C)C)[n+]2ccc(-c3ccccc3)cc2-5)cc1. The monoisotopic (exact) mass is 827 g/mol. The van der Waals surface area contributed by atoms with Crippen LogP contribution in [0.4, 0.5) is 0 Å². The van der Waals surface area contributed by atoms with E-state index in [1.54, 1.807) is 0 Å². The summed E-state index contributed by atoms with van der Waals surface area (Å²) in [5.74, 6) is -0.270. The maximum Gasteiger partial charge on any atom is 0.499 e. The molecule has 6 aromatic carbocycles. The van der Waals surface area contributed by atoms with Crippen molar-refractivity contribution in [3.63, 3.8) is 0 Å². The van der Waals surface area contributed by atoms with Gasteiger partial charge in [0.05, 0.1) is 5.56 Å². The summed E-state index contributed by atoms with van der Waals surface area (Å²) >= 11 is 0. The number of aromatic nitrogens is 3. The van der Waals surface area contributed by atoms with Crippen molar-refractivity contribution in [2.75, 3.05) is 0 Å².